The molecule has 1 aliphatic heterocycles. The zero-order valence-electron chi connectivity index (χ0n) is 12.2. The second kappa shape index (κ2) is 6.53. The Morgan fingerprint density at radius 1 is 1.38 bits per heavy atom. The first-order valence-corrected chi connectivity index (χ1v) is 7.01. The molecule has 0 saturated heterocycles. The van der Waals surface area contributed by atoms with Gasteiger partial charge in [-0.3, -0.25) is 14.9 Å². The van der Waals surface area contributed by atoms with E-state index in [4.69, 9.17) is 0 Å². The van der Waals surface area contributed by atoms with Crippen LogP contribution in [0.25, 0.3) is 0 Å². The Labute approximate surface area is 123 Å². The Bertz CT molecular complexity index is 559. The molecule has 1 amide bonds. The third-order valence-electron chi connectivity index (χ3n) is 3.51. The highest BCUT2D eigenvalue weighted by Gasteiger charge is 2.22. The summed E-state index contributed by atoms with van der Waals surface area (Å²) in [5, 5.41) is 20.1. The number of aryl methyl sites for hydroxylation is 1. The molecule has 1 aromatic rings. The molecule has 0 radical (unpaired) electrons. The van der Waals surface area contributed by atoms with E-state index in [9.17, 15) is 14.9 Å². The summed E-state index contributed by atoms with van der Waals surface area (Å²) in [6.07, 6.45) is 1.03. The van der Waals surface area contributed by atoms with E-state index in [-0.39, 0.29) is 11.6 Å². The monoisotopic (exact) mass is 292 g/mol. The number of rotatable bonds is 6. The number of carbonyl (C=O) groups is 1. The lowest BCUT2D eigenvalue weighted by Gasteiger charge is -2.19. The van der Waals surface area contributed by atoms with Crippen molar-refractivity contribution in [1.29, 1.82) is 0 Å². The highest BCUT2D eigenvalue weighted by atomic mass is 16.6. The number of fused-ring (bicyclic) bond motifs is 1. The Kier molecular flexibility index (Phi) is 4.74. The largest absolute Gasteiger partial charge is 0.379 e. The lowest BCUT2D eigenvalue weighted by Crippen LogP contribution is -2.23. The smallest absolute Gasteiger partial charge is 0.294 e. The number of amides is 1. The Hall–Kier alpha value is -2.15. The predicted molar refractivity (Wildman–Crippen MR) is 81.6 cm³/mol. The second-order valence-corrected chi connectivity index (χ2v) is 5.38. The first-order chi connectivity index (χ1) is 10.0. The van der Waals surface area contributed by atoms with Gasteiger partial charge in [0, 0.05) is 19.0 Å². The topological polar surface area (TPSA) is 96.3 Å². The molecule has 1 aliphatic rings. The van der Waals surface area contributed by atoms with Gasteiger partial charge in [-0.15, -0.1) is 0 Å². The molecule has 7 heteroatoms. The van der Waals surface area contributed by atoms with Crippen molar-refractivity contribution < 1.29 is 9.72 Å². The molecule has 1 atom stereocenters. The van der Waals surface area contributed by atoms with Gasteiger partial charge < -0.3 is 16.0 Å². The van der Waals surface area contributed by atoms with E-state index in [1.54, 1.807) is 6.07 Å². The quantitative estimate of drug-likeness (QED) is 0.548. The summed E-state index contributed by atoms with van der Waals surface area (Å²) in [6.45, 7) is 3.54. The van der Waals surface area contributed by atoms with Crippen LogP contribution in [0.15, 0.2) is 12.1 Å². The number of anilines is 2. The summed E-state index contributed by atoms with van der Waals surface area (Å²) in [5.74, 6) is 0.255. The molecule has 0 aromatic heterocycles. The normalized spacial score (nSPS) is 15.0. The van der Waals surface area contributed by atoms with Crippen LogP contribution in [-0.4, -0.2) is 31.0 Å². The molecule has 1 unspecified atom stereocenters. The summed E-state index contributed by atoms with van der Waals surface area (Å²) in [7, 11) is 1.88. The first-order valence-electron chi connectivity index (χ1n) is 7.01. The summed E-state index contributed by atoms with van der Waals surface area (Å²) in [4.78, 5) is 22.2. The Balaban J connectivity index is 2.23. The number of hydrogen-bond donors (Lipinski definition) is 3. The maximum atomic E-state index is 11.4. The summed E-state index contributed by atoms with van der Waals surface area (Å²) in [5.41, 5.74) is 1.99. The van der Waals surface area contributed by atoms with Crippen molar-refractivity contribution in [2.24, 2.45) is 5.92 Å². The molecule has 3 N–H and O–H groups in total. The fraction of sp³-hybridized carbons (Fsp3) is 0.500. The van der Waals surface area contributed by atoms with E-state index in [1.165, 1.54) is 6.07 Å². The molecule has 114 valence electrons. The van der Waals surface area contributed by atoms with Crippen molar-refractivity contribution in [1.82, 2.24) is 5.32 Å². The van der Waals surface area contributed by atoms with Crippen LogP contribution in [-0.2, 0) is 11.2 Å². The van der Waals surface area contributed by atoms with Gasteiger partial charge >= 0.3 is 0 Å². The molecule has 0 bridgehead atoms. The third kappa shape index (κ3) is 3.69. The van der Waals surface area contributed by atoms with Gasteiger partial charge in [0.1, 0.15) is 5.69 Å². The van der Waals surface area contributed by atoms with Crippen LogP contribution in [0.1, 0.15) is 18.9 Å². The van der Waals surface area contributed by atoms with Crippen LogP contribution < -0.4 is 16.0 Å². The van der Waals surface area contributed by atoms with Crippen molar-refractivity contribution in [2.75, 3.05) is 30.8 Å². The summed E-state index contributed by atoms with van der Waals surface area (Å²) < 4.78 is 0. The van der Waals surface area contributed by atoms with Crippen molar-refractivity contribution in [3.05, 3.63) is 27.8 Å². The highest BCUT2D eigenvalue weighted by Crippen LogP contribution is 2.34. The summed E-state index contributed by atoms with van der Waals surface area (Å²) in [6, 6.07) is 3.22. The van der Waals surface area contributed by atoms with Crippen LogP contribution in [0.2, 0.25) is 0 Å². The average molecular weight is 292 g/mol. The molecular weight excluding hydrogens is 272 g/mol. The molecule has 0 aliphatic carbocycles. The van der Waals surface area contributed by atoms with Gasteiger partial charge in [-0.2, -0.15) is 0 Å². The van der Waals surface area contributed by atoms with Gasteiger partial charge in [-0.25, -0.2) is 0 Å². The number of nitrogens with zero attached hydrogens (tertiary/aromatic N) is 1. The number of nitro benzene ring substituents is 1. The van der Waals surface area contributed by atoms with Crippen LogP contribution in [0.5, 0.6) is 0 Å². The zero-order valence-corrected chi connectivity index (χ0v) is 12.2. The van der Waals surface area contributed by atoms with Crippen molar-refractivity contribution in [2.45, 2.75) is 19.8 Å². The van der Waals surface area contributed by atoms with E-state index in [0.29, 0.717) is 36.7 Å². The molecule has 0 saturated carbocycles. The fourth-order valence-electron chi connectivity index (χ4n) is 2.41. The van der Waals surface area contributed by atoms with Crippen molar-refractivity contribution >= 4 is 23.0 Å². The minimum Gasteiger partial charge on any atom is -0.379 e. The van der Waals surface area contributed by atoms with Gasteiger partial charge in [0.2, 0.25) is 5.91 Å². The number of nitrogens with one attached hydrogen (secondary N) is 3. The van der Waals surface area contributed by atoms with Crippen LogP contribution in [0.3, 0.4) is 0 Å². The van der Waals surface area contributed by atoms with Gasteiger partial charge in [0.25, 0.3) is 5.69 Å². The maximum absolute atomic E-state index is 11.4. The fourth-order valence-corrected chi connectivity index (χ4v) is 2.41. The van der Waals surface area contributed by atoms with Gasteiger partial charge in [-0.1, -0.05) is 6.92 Å². The molecule has 0 spiro atoms. The maximum Gasteiger partial charge on any atom is 0.294 e. The molecule has 0 fully saturated rings. The van der Waals surface area contributed by atoms with E-state index >= 15 is 0 Å². The standard InChI is InChI=1S/C14H20N4O3/c1-9(7-15-2)8-16-12-5-10-3-4-14(19)17-11(10)6-13(12)18(20)21/h5-6,9,15-16H,3-4,7-8H2,1-2H3,(H,17,19). The highest BCUT2D eigenvalue weighted by molar-refractivity contribution is 5.95. The van der Waals surface area contributed by atoms with E-state index in [2.05, 4.69) is 22.9 Å². The minimum absolute atomic E-state index is 0.00684. The van der Waals surface area contributed by atoms with Crippen LogP contribution in [0, 0.1) is 16.0 Å². The zero-order chi connectivity index (χ0) is 15.4. The first kappa shape index (κ1) is 15.2. The Morgan fingerprint density at radius 3 is 2.81 bits per heavy atom. The van der Waals surface area contributed by atoms with Crippen molar-refractivity contribution in [3.8, 4) is 0 Å². The van der Waals surface area contributed by atoms with Gasteiger partial charge in [-0.05, 0) is 37.6 Å². The SMILES string of the molecule is CNCC(C)CNc1cc2c(cc1[N+](=O)[O-])NC(=O)CC2. The molecule has 1 heterocycles. The number of benzene rings is 1. The van der Waals surface area contributed by atoms with Gasteiger partial charge in [0.05, 0.1) is 10.6 Å². The number of carbonyl (C=O) groups excluding carboxylic acids is 1. The predicted octanol–water partition coefficient (Wildman–Crippen LogP) is 1.75. The van der Waals surface area contributed by atoms with Crippen LogP contribution in [0.4, 0.5) is 17.1 Å². The van der Waals surface area contributed by atoms with Gasteiger partial charge in [0.15, 0.2) is 0 Å². The minimum atomic E-state index is -0.424. The molecular formula is C14H20N4O3. The molecule has 21 heavy (non-hydrogen) atoms. The average Bonchev–Trinajstić information content (AvgIpc) is 2.44. The molecule has 7 nitrogen and oxygen atoms in total. The number of nitro groups is 1. The van der Waals surface area contributed by atoms with E-state index < -0.39 is 4.92 Å². The van der Waals surface area contributed by atoms with E-state index in [0.717, 1.165) is 12.1 Å². The number of hydrogen-bond acceptors (Lipinski definition) is 5. The van der Waals surface area contributed by atoms with Crippen molar-refractivity contribution in [3.63, 3.8) is 0 Å². The molecule has 2 rings (SSSR count). The molecule has 1 aromatic carbocycles. The lowest BCUT2D eigenvalue weighted by molar-refractivity contribution is -0.383. The lowest BCUT2D eigenvalue weighted by atomic mass is 10.0. The Morgan fingerprint density at radius 2 is 2.14 bits per heavy atom. The van der Waals surface area contributed by atoms with E-state index in [1.807, 2.05) is 7.05 Å². The van der Waals surface area contributed by atoms with Crippen LogP contribution >= 0.6 is 0 Å². The third-order valence-corrected chi connectivity index (χ3v) is 3.51. The summed E-state index contributed by atoms with van der Waals surface area (Å²) >= 11 is 0. The second-order valence-electron chi connectivity index (χ2n) is 5.38.